The van der Waals surface area contributed by atoms with Crippen LogP contribution in [0.5, 0.6) is 0 Å². The second-order valence-electron chi connectivity index (χ2n) is 5.70. The Balaban J connectivity index is 1.49. The smallest absolute Gasteiger partial charge is 0.225 e. The lowest BCUT2D eigenvalue weighted by molar-refractivity contribution is -0.125. The highest BCUT2D eigenvalue weighted by atomic mass is 16.1. The van der Waals surface area contributed by atoms with Crippen molar-refractivity contribution in [3.05, 3.63) is 48.5 Å². The van der Waals surface area contributed by atoms with Crippen molar-refractivity contribution in [1.29, 1.82) is 0 Å². The fourth-order valence-electron chi connectivity index (χ4n) is 2.83. The summed E-state index contributed by atoms with van der Waals surface area (Å²) in [5.41, 5.74) is 0.996. The zero-order chi connectivity index (χ0) is 15.9. The van der Waals surface area contributed by atoms with Crippen molar-refractivity contribution >= 4 is 11.9 Å². The first kappa shape index (κ1) is 15.4. The van der Waals surface area contributed by atoms with Gasteiger partial charge in [-0.05, 0) is 31.0 Å². The lowest BCUT2D eigenvalue weighted by atomic mass is 9.97. The van der Waals surface area contributed by atoms with Crippen LogP contribution in [-0.4, -0.2) is 40.5 Å². The highest BCUT2D eigenvalue weighted by Crippen LogP contribution is 2.19. The van der Waals surface area contributed by atoms with E-state index in [0.29, 0.717) is 19.0 Å². The van der Waals surface area contributed by atoms with Gasteiger partial charge in [-0.15, -0.1) is 0 Å². The molecule has 23 heavy (non-hydrogen) atoms. The van der Waals surface area contributed by atoms with Crippen LogP contribution >= 0.6 is 0 Å². The quantitative estimate of drug-likeness (QED) is 0.905. The van der Waals surface area contributed by atoms with Gasteiger partial charge in [0, 0.05) is 50.3 Å². The molecule has 2 aromatic rings. The molecule has 1 aliphatic rings. The highest BCUT2D eigenvalue weighted by molar-refractivity contribution is 5.79. The minimum Gasteiger partial charge on any atom is -0.355 e. The molecule has 1 fully saturated rings. The van der Waals surface area contributed by atoms with Crippen LogP contribution < -0.4 is 10.2 Å². The second kappa shape index (κ2) is 7.67. The lowest BCUT2D eigenvalue weighted by Gasteiger charge is -2.31. The van der Waals surface area contributed by atoms with Crippen LogP contribution in [0, 0.1) is 5.92 Å². The Morgan fingerprint density at radius 3 is 2.78 bits per heavy atom. The van der Waals surface area contributed by atoms with Crippen molar-refractivity contribution < 1.29 is 4.79 Å². The molecule has 3 heterocycles. The van der Waals surface area contributed by atoms with Crippen molar-refractivity contribution in [3.63, 3.8) is 0 Å². The molecule has 3 rings (SSSR count). The maximum Gasteiger partial charge on any atom is 0.225 e. The zero-order valence-electron chi connectivity index (χ0n) is 13.1. The van der Waals surface area contributed by atoms with Crippen LogP contribution in [-0.2, 0) is 11.2 Å². The van der Waals surface area contributed by atoms with Gasteiger partial charge in [0.25, 0.3) is 0 Å². The first-order valence-corrected chi connectivity index (χ1v) is 8.02. The first-order chi connectivity index (χ1) is 11.3. The summed E-state index contributed by atoms with van der Waals surface area (Å²) >= 11 is 0. The number of aromatic nitrogens is 3. The van der Waals surface area contributed by atoms with E-state index in [1.54, 1.807) is 24.7 Å². The fourth-order valence-corrected chi connectivity index (χ4v) is 2.83. The fraction of sp³-hybridized carbons (Fsp3) is 0.412. The number of pyridine rings is 1. The summed E-state index contributed by atoms with van der Waals surface area (Å²) in [7, 11) is 0. The largest absolute Gasteiger partial charge is 0.355 e. The maximum atomic E-state index is 12.4. The van der Waals surface area contributed by atoms with Crippen molar-refractivity contribution in [2.24, 2.45) is 5.92 Å². The number of rotatable bonds is 5. The molecule has 0 saturated carbocycles. The Hall–Kier alpha value is -2.50. The number of hydrogen-bond donors (Lipinski definition) is 1. The van der Waals surface area contributed by atoms with E-state index in [0.717, 1.165) is 31.5 Å². The first-order valence-electron chi connectivity index (χ1n) is 8.02. The molecule has 1 saturated heterocycles. The number of anilines is 1. The van der Waals surface area contributed by atoms with Crippen LogP contribution in [0.4, 0.5) is 5.95 Å². The van der Waals surface area contributed by atoms with E-state index in [1.165, 1.54) is 0 Å². The van der Waals surface area contributed by atoms with Gasteiger partial charge in [0.1, 0.15) is 0 Å². The molecule has 1 N–H and O–H groups in total. The molecule has 1 aliphatic heterocycles. The van der Waals surface area contributed by atoms with E-state index in [9.17, 15) is 4.79 Å². The van der Waals surface area contributed by atoms with Crippen LogP contribution in [0.25, 0.3) is 0 Å². The van der Waals surface area contributed by atoms with E-state index in [4.69, 9.17) is 0 Å². The van der Waals surface area contributed by atoms with Crippen molar-refractivity contribution in [2.45, 2.75) is 19.3 Å². The van der Waals surface area contributed by atoms with Crippen molar-refractivity contribution in [2.75, 3.05) is 24.5 Å². The summed E-state index contributed by atoms with van der Waals surface area (Å²) in [6.07, 6.45) is 7.90. The molecular weight excluding hydrogens is 290 g/mol. The highest BCUT2D eigenvalue weighted by Gasteiger charge is 2.26. The normalized spacial score (nSPS) is 17.7. The number of nitrogens with one attached hydrogen (secondary N) is 1. The van der Waals surface area contributed by atoms with E-state index < -0.39 is 0 Å². The minimum atomic E-state index is -0.00344. The topological polar surface area (TPSA) is 71.0 Å². The molecular formula is C17H21N5O. The summed E-state index contributed by atoms with van der Waals surface area (Å²) in [4.78, 5) is 27.3. The molecule has 1 atom stereocenters. The Kier molecular flexibility index (Phi) is 5.13. The molecule has 0 bridgehead atoms. The van der Waals surface area contributed by atoms with E-state index in [-0.39, 0.29) is 11.8 Å². The summed E-state index contributed by atoms with van der Waals surface area (Å²) in [5, 5.41) is 3.03. The van der Waals surface area contributed by atoms with Crippen molar-refractivity contribution in [3.8, 4) is 0 Å². The van der Waals surface area contributed by atoms with Gasteiger partial charge in [-0.1, -0.05) is 6.07 Å². The SMILES string of the molecule is O=C(NCCc1ccccn1)[C@@H]1CCCN(c2ncccn2)C1. The predicted octanol–water partition coefficient (Wildman–Crippen LogP) is 1.45. The van der Waals surface area contributed by atoms with Crippen LogP contribution in [0.15, 0.2) is 42.9 Å². The van der Waals surface area contributed by atoms with Gasteiger partial charge in [-0.25, -0.2) is 9.97 Å². The summed E-state index contributed by atoms with van der Waals surface area (Å²) in [6, 6.07) is 7.63. The molecule has 0 aliphatic carbocycles. The molecule has 1 amide bonds. The average Bonchev–Trinajstić information content (AvgIpc) is 2.63. The van der Waals surface area contributed by atoms with Crippen LogP contribution in [0.3, 0.4) is 0 Å². The average molecular weight is 311 g/mol. The predicted molar refractivity (Wildman–Crippen MR) is 87.9 cm³/mol. The third kappa shape index (κ3) is 4.25. The zero-order valence-corrected chi connectivity index (χ0v) is 13.1. The summed E-state index contributed by atoms with van der Waals surface area (Å²) in [6.45, 7) is 2.20. The number of nitrogens with zero attached hydrogens (tertiary/aromatic N) is 4. The van der Waals surface area contributed by atoms with Gasteiger partial charge >= 0.3 is 0 Å². The van der Waals surface area contributed by atoms with E-state index in [1.807, 2.05) is 18.2 Å². The molecule has 0 spiro atoms. The van der Waals surface area contributed by atoms with Gasteiger partial charge < -0.3 is 10.2 Å². The Labute approximate surface area is 136 Å². The molecule has 0 aromatic carbocycles. The van der Waals surface area contributed by atoms with Crippen LogP contribution in [0.1, 0.15) is 18.5 Å². The number of piperidine rings is 1. The third-order valence-electron chi connectivity index (χ3n) is 4.03. The number of amides is 1. The molecule has 120 valence electrons. The molecule has 0 radical (unpaired) electrons. The van der Waals surface area contributed by atoms with Gasteiger partial charge in [0.15, 0.2) is 0 Å². The Morgan fingerprint density at radius 2 is 2.00 bits per heavy atom. The molecule has 6 nitrogen and oxygen atoms in total. The van der Waals surface area contributed by atoms with Crippen LogP contribution in [0.2, 0.25) is 0 Å². The monoisotopic (exact) mass is 311 g/mol. The van der Waals surface area contributed by atoms with E-state index >= 15 is 0 Å². The maximum absolute atomic E-state index is 12.4. The Morgan fingerprint density at radius 1 is 1.17 bits per heavy atom. The van der Waals surface area contributed by atoms with E-state index in [2.05, 4.69) is 25.2 Å². The number of carbonyl (C=O) groups excluding carboxylic acids is 1. The van der Waals surface area contributed by atoms with Gasteiger partial charge in [-0.3, -0.25) is 9.78 Å². The summed E-state index contributed by atoms with van der Waals surface area (Å²) in [5.74, 6) is 0.816. The molecule has 6 heteroatoms. The standard InChI is InChI=1S/C17H21N5O/c23-16(19-11-7-15-6-1-2-8-18-15)14-5-3-12-22(13-14)17-20-9-4-10-21-17/h1-2,4,6,8-10,14H,3,5,7,11-13H2,(H,19,23)/t14-/m1/s1. The molecule has 2 aromatic heterocycles. The lowest BCUT2D eigenvalue weighted by Crippen LogP contribution is -2.44. The molecule has 0 unspecified atom stereocenters. The number of carbonyl (C=O) groups is 1. The second-order valence-corrected chi connectivity index (χ2v) is 5.70. The third-order valence-corrected chi connectivity index (χ3v) is 4.03. The van der Waals surface area contributed by atoms with Gasteiger partial charge in [0.2, 0.25) is 11.9 Å². The van der Waals surface area contributed by atoms with Gasteiger partial charge in [-0.2, -0.15) is 0 Å². The minimum absolute atomic E-state index is 0.00344. The number of hydrogen-bond acceptors (Lipinski definition) is 5. The van der Waals surface area contributed by atoms with Crippen molar-refractivity contribution in [1.82, 2.24) is 20.3 Å². The Bertz CT molecular complexity index is 619. The van der Waals surface area contributed by atoms with Gasteiger partial charge in [0.05, 0.1) is 5.92 Å². The summed E-state index contributed by atoms with van der Waals surface area (Å²) < 4.78 is 0.